The molecule has 2 N–H and O–H groups in total. The largest absolute Gasteiger partial charge is 0.373 e. The van der Waals surface area contributed by atoms with E-state index in [9.17, 15) is 0 Å². The lowest BCUT2D eigenvalue weighted by Crippen LogP contribution is -2.44. The molecule has 0 aromatic heterocycles. The zero-order valence-electron chi connectivity index (χ0n) is 10.5. The summed E-state index contributed by atoms with van der Waals surface area (Å²) in [5, 5.41) is 0. The van der Waals surface area contributed by atoms with Gasteiger partial charge in [0.25, 0.3) is 0 Å². The molecule has 0 aliphatic heterocycles. The van der Waals surface area contributed by atoms with Crippen LogP contribution in [0.3, 0.4) is 0 Å². The highest BCUT2D eigenvalue weighted by molar-refractivity contribution is 5.50. The number of nitrogens with two attached hydrogens (primary N) is 1. The molecule has 0 saturated carbocycles. The van der Waals surface area contributed by atoms with Gasteiger partial charge in [0, 0.05) is 24.8 Å². The van der Waals surface area contributed by atoms with E-state index in [0.29, 0.717) is 0 Å². The molecule has 15 heavy (non-hydrogen) atoms. The molecule has 0 aliphatic rings. The molecule has 0 fully saturated rings. The van der Waals surface area contributed by atoms with Gasteiger partial charge in [0.15, 0.2) is 0 Å². The highest BCUT2D eigenvalue weighted by atomic mass is 15.1. The molecule has 2 heteroatoms. The molecular formula is C13H22N2. The number of anilines is 1. The fraction of sp³-hybridized carbons (Fsp3) is 0.538. The Bertz CT molecular complexity index is 317. The fourth-order valence-corrected chi connectivity index (χ4v) is 1.87. The van der Waals surface area contributed by atoms with Crippen molar-refractivity contribution in [2.24, 2.45) is 5.73 Å². The lowest BCUT2D eigenvalue weighted by molar-refractivity contribution is 0.519. The Morgan fingerprint density at radius 3 is 2.00 bits per heavy atom. The first kappa shape index (κ1) is 12.1. The summed E-state index contributed by atoms with van der Waals surface area (Å²) in [6.07, 6.45) is 0. The van der Waals surface area contributed by atoms with Gasteiger partial charge in [-0.15, -0.1) is 0 Å². The van der Waals surface area contributed by atoms with E-state index in [1.54, 1.807) is 0 Å². The van der Waals surface area contributed by atoms with Crippen LogP contribution in [0, 0.1) is 13.8 Å². The van der Waals surface area contributed by atoms with E-state index in [2.05, 4.69) is 44.0 Å². The second-order valence-electron chi connectivity index (χ2n) is 5.19. The lowest BCUT2D eigenvalue weighted by Gasteiger charge is -2.28. The minimum absolute atomic E-state index is 0.160. The summed E-state index contributed by atoms with van der Waals surface area (Å²) in [6.45, 7) is 9.20. The average Bonchev–Trinajstić information content (AvgIpc) is 1.98. The van der Waals surface area contributed by atoms with Crippen LogP contribution in [0.1, 0.15) is 25.0 Å². The average molecular weight is 206 g/mol. The molecule has 1 aromatic carbocycles. The molecule has 0 saturated heterocycles. The standard InChI is InChI=1S/C13H22N2/c1-10-6-11(2)8-12(7-10)15(5)9-13(3,4)14/h6-8H,9,14H2,1-5H3. The zero-order chi connectivity index (χ0) is 11.6. The summed E-state index contributed by atoms with van der Waals surface area (Å²) in [7, 11) is 2.09. The molecule has 0 spiro atoms. The third-order valence-electron chi connectivity index (χ3n) is 2.29. The number of likely N-dealkylation sites (N-methyl/N-ethyl adjacent to an activating group) is 1. The van der Waals surface area contributed by atoms with E-state index in [-0.39, 0.29) is 5.54 Å². The predicted octanol–water partition coefficient (Wildman–Crippen LogP) is 2.48. The number of aryl methyl sites for hydroxylation is 2. The van der Waals surface area contributed by atoms with Gasteiger partial charge in [0.1, 0.15) is 0 Å². The Morgan fingerprint density at radius 2 is 1.60 bits per heavy atom. The lowest BCUT2D eigenvalue weighted by atomic mass is 10.1. The molecule has 0 unspecified atom stereocenters. The van der Waals surface area contributed by atoms with E-state index in [1.807, 2.05) is 13.8 Å². The third kappa shape index (κ3) is 3.92. The quantitative estimate of drug-likeness (QED) is 0.823. The second kappa shape index (κ2) is 4.23. The third-order valence-corrected chi connectivity index (χ3v) is 2.29. The first-order valence-electron chi connectivity index (χ1n) is 5.36. The zero-order valence-corrected chi connectivity index (χ0v) is 10.5. The summed E-state index contributed by atoms with van der Waals surface area (Å²) in [4.78, 5) is 2.21. The monoisotopic (exact) mass is 206 g/mol. The van der Waals surface area contributed by atoms with Crippen molar-refractivity contribution in [2.45, 2.75) is 33.2 Å². The molecule has 1 rings (SSSR count). The van der Waals surface area contributed by atoms with Crippen LogP contribution in [0.4, 0.5) is 5.69 Å². The van der Waals surface area contributed by atoms with E-state index in [1.165, 1.54) is 16.8 Å². The number of benzene rings is 1. The van der Waals surface area contributed by atoms with E-state index < -0.39 is 0 Å². The predicted molar refractivity (Wildman–Crippen MR) is 67.5 cm³/mol. The van der Waals surface area contributed by atoms with Crippen LogP contribution < -0.4 is 10.6 Å². The molecule has 84 valence electrons. The van der Waals surface area contributed by atoms with Crippen molar-refractivity contribution in [1.82, 2.24) is 0 Å². The van der Waals surface area contributed by atoms with Gasteiger partial charge in [-0.1, -0.05) is 6.07 Å². The topological polar surface area (TPSA) is 29.3 Å². The van der Waals surface area contributed by atoms with Crippen LogP contribution in [-0.4, -0.2) is 19.1 Å². The number of nitrogens with zero attached hydrogens (tertiary/aromatic N) is 1. The number of rotatable bonds is 3. The Labute approximate surface area is 93.1 Å². The highest BCUT2D eigenvalue weighted by Gasteiger charge is 2.14. The second-order valence-corrected chi connectivity index (χ2v) is 5.19. The maximum atomic E-state index is 6.01. The van der Waals surface area contributed by atoms with Crippen molar-refractivity contribution >= 4 is 5.69 Å². The van der Waals surface area contributed by atoms with Crippen LogP contribution >= 0.6 is 0 Å². The molecular weight excluding hydrogens is 184 g/mol. The minimum atomic E-state index is -0.160. The summed E-state index contributed by atoms with van der Waals surface area (Å²) in [5.74, 6) is 0. The summed E-state index contributed by atoms with van der Waals surface area (Å²) in [5.41, 5.74) is 9.69. The molecule has 0 radical (unpaired) electrons. The van der Waals surface area contributed by atoms with Crippen LogP contribution in [0.25, 0.3) is 0 Å². The van der Waals surface area contributed by atoms with E-state index >= 15 is 0 Å². The minimum Gasteiger partial charge on any atom is -0.373 e. The maximum absolute atomic E-state index is 6.01. The Morgan fingerprint density at radius 1 is 1.13 bits per heavy atom. The van der Waals surface area contributed by atoms with Gasteiger partial charge in [-0.3, -0.25) is 0 Å². The summed E-state index contributed by atoms with van der Waals surface area (Å²) >= 11 is 0. The highest BCUT2D eigenvalue weighted by Crippen LogP contribution is 2.18. The molecule has 0 heterocycles. The van der Waals surface area contributed by atoms with Crippen LogP contribution in [0.2, 0.25) is 0 Å². The van der Waals surface area contributed by atoms with Crippen molar-refractivity contribution in [3.8, 4) is 0 Å². The van der Waals surface area contributed by atoms with Gasteiger partial charge in [-0.25, -0.2) is 0 Å². The van der Waals surface area contributed by atoms with Gasteiger partial charge in [0.05, 0.1) is 0 Å². The van der Waals surface area contributed by atoms with Gasteiger partial charge in [0.2, 0.25) is 0 Å². The van der Waals surface area contributed by atoms with Gasteiger partial charge < -0.3 is 10.6 Å². The first-order chi connectivity index (χ1) is 6.78. The van der Waals surface area contributed by atoms with E-state index in [4.69, 9.17) is 5.73 Å². The van der Waals surface area contributed by atoms with Crippen molar-refractivity contribution in [3.05, 3.63) is 29.3 Å². The van der Waals surface area contributed by atoms with Gasteiger partial charge in [-0.05, 0) is 51.0 Å². The van der Waals surface area contributed by atoms with Crippen molar-refractivity contribution in [3.63, 3.8) is 0 Å². The molecule has 1 aromatic rings. The van der Waals surface area contributed by atoms with Crippen LogP contribution in [0.15, 0.2) is 18.2 Å². The van der Waals surface area contributed by atoms with Gasteiger partial charge >= 0.3 is 0 Å². The molecule has 2 nitrogen and oxygen atoms in total. The number of hydrogen-bond acceptors (Lipinski definition) is 2. The molecule has 0 aliphatic carbocycles. The molecule has 0 atom stereocenters. The summed E-state index contributed by atoms with van der Waals surface area (Å²) in [6, 6.07) is 6.57. The smallest absolute Gasteiger partial charge is 0.0369 e. The summed E-state index contributed by atoms with van der Waals surface area (Å²) < 4.78 is 0. The van der Waals surface area contributed by atoms with Crippen molar-refractivity contribution in [1.29, 1.82) is 0 Å². The molecule has 0 amide bonds. The van der Waals surface area contributed by atoms with Crippen molar-refractivity contribution in [2.75, 3.05) is 18.5 Å². The molecule has 0 bridgehead atoms. The fourth-order valence-electron chi connectivity index (χ4n) is 1.87. The van der Waals surface area contributed by atoms with Crippen LogP contribution in [0.5, 0.6) is 0 Å². The normalized spacial score (nSPS) is 11.6. The van der Waals surface area contributed by atoms with Gasteiger partial charge in [-0.2, -0.15) is 0 Å². The SMILES string of the molecule is Cc1cc(C)cc(N(C)CC(C)(C)N)c1. The Kier molecular flexibility index (Phi) is 3.40. The van der Waals surface area contributed by atoms with Crippen molar-refractivity contribution < 1.29 is 0 Å². The first-order valence-corrected chi connectivity index (χ1v) is 5.36. The Balaban J connectivity index is 2.86. The number of hydrogen-bond donors (Lipinski definition) is 1. The maximum Gasteiger partial charge on any atom is 0.0369 e. The van der Waals surface area contributed by atoms with E-state index in [0.717, 1.165) is 6.54 Å². The Hall–Kier alpha value is -1.02. The van der Waals surface area contributed by atoms with Crippen LogP contribution in [-0.2, 0) is 0 Å².